The molecule has 0 aliphatic heterocycles. The largest absolute Gasteiger partial charge is 0.483 e. The number of aromatic amines is 1. The zero-order chi connectivity index (χ0) is 18.5. The van der Waals surface area contributed by atoms with Gasteiger partial charge in [0.1, 0.15) is 5.75 Å². The Labute approximate surface area is 153 Å². The molecule has 0 radical (unpaired) electrons. The third-order valence-corrected chi connectivity index (χ3v) is 4.31. The lowest BCUT2D eigenvalue weighted by molar-refractivity contribution is -0.123. The Morgan fingerprint density at radius 1 is 1.27 bits per heavy atom. The summed E-state index contributed by atoms with van der Waals surface area (Å²) in [5.74, 6) is 0.420. The Morgan fingerprint density at radius 3 is 2.92 bits per heavy atom. The Morgan fingerprint density at radius 2 is 2.12 bits per heavy atom. The number of amides is 1. The number of aromatic nitrogens is 1. The van der Waals surface area contributed by atoms with Crippen LogP contribution in [0.3, 0.4) is 0 Å². The fraction of sp³-hybridized carbons (Fsp3) is 0.238. The van der Waals surface area contributed by atoms with Gasteiger partial charge in [0.25, 0.3) is 5.91 Å². The first-order chi connectivity index (χ1) is 12.6. The molecule has 134 valence electrons. The van der Waals surface area contributed by atoms with Gasteiger partial charge in [-0.05, 0) is 43.0 Å². The van der Waals surface area contributed by atoms with Gasteiger partial charge in [0.05, 0.1) is 6.21 Å². The first-order valence-corrected chi connectivity index (χ1v) is 8.69. The second kappa shape index (κ2) is 7.87. The molecule has 0 saturated carbocycles. The van der Waals surface area contributed by atoms with Crippen molar-refractivity contribution in [3.05, 3.63) is 64.8 Å². The standard InChI is InChI=1S/C21H23N3O2/c1-4-16-6-5-7-18-17(11-22-21(16)18)12-23-24-20(25)13-26-19-10-14(2)8-9-15(19)3/h5-12,22H,4,13H2,1-3H3,(H,24,25)/b23-12+. The van der Waals surface area contributed by atoms with Gasteiger partial charge in [-0.2, -0.15) is 5.10 Å². The second-order valence-electron chi connectivity index (χ2n) is 6.29. The maximum Gasteiger partial charge on any atom is 0.277 e. The predicted octanol–water partition coefficient (Wildman–Crippen LogP) is 3.88. The van der Waals surface area contributed by atoms with Crippen LogP contribution in [0.5, 0.6) is 5.75 Å². The molecule has 0 saturated heterocycles. The van der Waals surface area contributed by atoms with Crippen molar-refractivity contribution in [2.45, 2.75) is 27.2 Å². The average Bonchev–Trinajstić information content (AvgIpc) is 3.05. The number of nitrogens with one attached hydrogen (secondary N) is 2. The quantitative estimate of drug-likeness (QED) is 0.524. The van der Waals surface area contributed by atoms with Crippen LogP contribution in [0.15, 0.2) is 47.7 Å². The van der Waals surface area contributed by atoms with Crippen LogP contribution in [0.1, 0.15) is 29.2 Å². The van der Waals surface area contributed by atoms with Crippen LogP contribution in [0.25, 0.3) is 10.9 Å². The first-order valence-electron chi connectivity index (χ1n) is 8.69. The van der Waals surface area contributed by atoms with E-state index in [2.05, 4.69) is 28.5 Å². The van der Waals surface area contributed by atoms with Gasteiger partial charge in [-0.1, -0.05) is 37.3 Å². The zero-order valence-electron chi connectivity index (χ0n) is 15.3. The third kappa shape index (κ3) is 3.94. The maximum absolute atomic E-state index is 11.9. The van der Waals surface area contributed by atoms with Gasteiger partial charge in [0, 0.05) is 22.7 Å². The van der Waals surface area contributed by atoms with E-state index in [-0.39, 0.29) is 12.5 Å². The van der Waals surface area contributed by atoms with Crippen LogP contribution >= 0.6 is 0 Å². The summed E-state index contributed by atoms with van der Waals surface area (Å²) in [6, 6.07) is 12.1. The minimum Gasteiger partial charge on any atom is -0.483 e. The highest BCUT2D eigenvalue weighted by Gasteiger charge is 2.06. The number of carbonyl (C=O) groups is 1. The van der Waals surface area contributed by atoms with Crippen LogP contribution in [-0.2, 0) is 11.2 Å². The van der Waals surface area contributed by atoms with Crippen molar-refractivity contribution in [3.8, 4) is 5.75 Å². The lowest BCUT2D eigenvalue weighted by Crippen LogP contribution is -2.24. The van der Waals surface area contributed by atoms with Gasteiger partial charge in [-0.15, -0.1) is 0 Å². The lowest BCUT2D eigenvalue weighted by atomic mass is 10.1. The molecule has 0 atom stereocenters. The van der Waals surface area contributed by atoms with Gasteiger partial charge in [-0.3, -0.25) is 4.79 Å². The van der Waals surface area contributed by atoms with E-state index in [0.29, 0.717) is 5.75 Å². The van der Waals surface area contributed by atoms with Gasteiger partial charge >= 0.3 is 0 Å². The molecule has 1 aromatic heterocycles. The van der Waals surface area contributed by atoms with Crippen LogP contribution in [0, 0.1) is 13.8 Å². The molecule has 1 heterocycles. The van der Waals surface area contributed by atoms with Gasteiger partial charge in [-0.25, -0.2) is 5.43 Å². The Balaban J connectivity index is 1.60. The monoisotopic (exact) mass is 349 g/mol. The van der Waals surface area contributed by atoms with E-state index >= 15 is 0 Å². The molecule has 5 heteroatoms. The summed E-state index contributed by atoms with van der Waals surface area (Å²) in [5.41, 5.74) is 7.91. The van der Waals surface area contributed by atoms with Crippen molar-refractivity contribution in [1.29, 1.82) is 0 Å². The number of fused-ring (bicyclic) bond motifs is 1. The number of ether oxygens (including phenoxy) is 1. The molecule has 0 aliphatic rings. The van der Waals surface area contributed by atoms with E-state index in [1.807, 2.05) is 50.4 Å². The highest BCUT2D eigenvalue weighted by atomic mass is 16.5. The zero-order valence-corrected chi connectivity index (χ0v) is 15.3. The topological polar surface area (TPSA) is 66.5 Å². The molecule has 2 aromatic carbocycles. The summed E-state index contributed by atoms with van der Waals surface area (Å²) in [6.07, 6.45) is 4.50. The number of para-hydroxylation sites is 1. The lowest BCUT2D eigenvalue weighted by Gasteiger charge is -2.08. The molecule has 3 rings (SSSR count). The van der Waals surface area contributed by atoms with Crippen molar-refractivity contribution < 1.29 is 9.53 Å². The fourth-order valence-corrected chi connectivity index (χ4v) is 2.85. The van der Waals surface area contributed by atoms with Crippen molar-refractivity contribution in [1.82, 2.24) is 10.4 Å². The summed E-state index contributed by atoms with van der Waals surface area (Å²) in [4.78, 5) is 15.2. The molecular weight excluding hydrogens is 326 g/mol. The minimum absolute atomic E-state index is 0.0739. The van der Waals surface area contributed by atoms with Crippen molar-refractivity contribution in [3.63, 3.8) is 0 Å². The van der Waals surface area contributed by atoms with E-state index in [1.165, 1.54) is 5.56 Å². The van der Waals surface area contributed by atoms with E-state index < -0.39 is 0 Å². The summed E-state index contributed by atoms with van der Waals surface area (Å²) >= 11 is 0. The number of hydrazone groups is 1. The molecule has 0 fully saturated rings. The van der Waals surface area contributed by atoms with Crippen molar-refractivity contribution >= 4 is 23.0 Å². The SMILES string of the molecule is CCc1cccc2c(/C=N/NC(=O)COc3cc(C)ccc3C)c[nH]c12. The van der Waals surface area contributed by atoms with Gasteiger partial charge in [0.2, 0.25) is 0 Å². The van der Waals surface area contributed by atoms with Crippen LogP contribution in [0.2, 0.25) is 0 Å². The second-order valence-corrected chi connectivity index (χ2v) is 6.29. The van der Waals surface area contributed by atoms with Crippen molar-refractivity contribution in [2.24, 2.45) is 5.10 Å². The molecule has 3 aromatic rings. The molecule has 1 amide bonds. The summed E-state index contributed by atoms with van der Waals surface area (Å²) in [7, 11) is 0. The van der Waals surface area contributed by atoms with Crippen LogP contribution < -0.4 is 10.2 Å². The molecular formula is C21H23N3O2. The highest BCUT2D eigenvalue weighted by Crippen LogP contribution is 2.21. The Hall–Kier alpha value is -3.08. The maximum atomic E-state index is 11.9. The molecule has 0 aliphatic carbocycles. The van der Waals surface area contributed by atoms with E-state index in [9.17, 15) is 4.79 Å². The van der Waals surface area contributed by atoms with E-state index in [4.69, 9.17) is 4.74 Å². The number of benzene rings is 2. The van der Waals surface area contributed by atoms with E-state index in [0.717, 1.165) is 34.0 Å². The number of carbonyl (C=O) groups excluding carboxylic acids is 1. The Kier molecular flexibility index (Phi) is 5.37. The predicted molar refractivity (Wildman–Crippen MR) is 105 cm³/mol. The molecule has 0 bridgehead atoms. The number of nitrogens with zero attached hydrogens (tertiary/aromatic N) is 1. The Bertz CT molecular complexity index is 957. The number of rotatable bonds is 6. The summed E-state index contributed by atoms with van der Waals surface area (Å²) in [5, 5.41) is 5.14. The highest BCUT2D eigenvalue weighted by molar-refractivity contribution is 6.00. The smallest absolute Gasteiger partial charge is 0.277 e. The molecule has 26 heavy (non-hydrogen) atoms. The molecule has 0 unspecified atom stereocenters. The molecule has 5 nitrogen and oxygen atoms in total. The van der Waals surface area contributed by atoms with Crippen LogP contribution in [-0.4, -0.2) is 23.7 Å². The number of hydrogen-bond donors (Lipinski definition) is 2. The summed E-state index contributed by atoms with van der Waals surface area (Å²) in [6.45, 7) is 5.99. The summed E-state index contributed by atoms with van der Waals surface area (Å²) < 4.78 is 5.58. The number of aryl methyl sites for hydroxylation is 3. The molecule has 0 spiro atoms. The fourth-order valence-electron chi connectivity index (χ4n) is 2.85. The van der Waals surface area contributed by atoms with Crippen molar-refractivity contribution in [2.75, 3.05) is 6.61 Å². The van der Waals surface area contributed by atoms with E-state index in [1.54, 1.807) is 6.21 Å². The molecule has 2 N–H and O–H groups in total. The number of H-pyrrole nitrogens is 1. The number of hydrogen-bond acceptors (Lipinski definition) is 3. The average molecular weight is 349 g/mol. The third-order valence-electron chi connectivity index (χ3n) is 4.31. The normalized spacial score (nSPS) is 11.2. The van der Waals surface area contributed by atoms with Crippen LogP contribution in [0.4, 0.5) is 0 Å². The van der Waals surface area contributed by atoms with Gasteiger partial charge in [0.15, 0.2) is 6.61 Å². The minimum atomic E-state index is -0.295. The van der Waals surface area contributed by atoms with Gasteiger partial charge < -0.3 is 9.72 Å². The first kappa shape index (κ1) is 17.7.